The lowest BCUT2D eigenvalue weighted by Crippen LogP contribution is -2.23. The van der Waals surface area contributed by atoms with Crippen LogP contribution in [0.1, 0.15) is 12.5 Å². The molecule has 0 saturated heterocycles. The van der Waals surface area contributed by atoms with Crippen LogP contribution in [-0.4, -0.2) is 6.54 Å². The van der Waals surface area contributed by atoms with Crippen molar-refractivity contribution in [3.63, 3.8) is 0 Å². The summed E-state index contributed by atoms with van der Waals surface area (Å²) < 4.78 is 0. The van der Waals surface area contributed by atoms with Crippen molar-refractivity contribution in [2.45, 2.75) is 6.92 Å². The molecule has 0 fully saturated rings. The van der Waals surface area contributed by atoms with Gasteiger partial charge in [0.05, 0.1) is 10.7 Å². The van der Waals surface area contributed by atoms with E-state index in [4.69, 9.17) is 17.3 Å². The van der Waals surface area contributed by atoms with Gasteiger partial charge in [-0.25, -0.2) is 0 Å². The molecule has 1 aromatic rings. The number of rotatable bonds is 1. The lowest BCUT2D eigenvalue weighted by Gasteiger charge is -2.30. The fourth-order valence-corrected chi connectivity index (χ4v) is 2.09. The van der Waals surface area contributed by atoms with E-state index in [2.05, 4.69) is 18.4 Å². The Balaban J connectivity index is 2.62. The van der Waals surface area contributed by atoms with Crippen molar-refractivity contribution in [1.29, 1.82) is 0 Å². The van der Waals surface area contributed by atoms with E-state index in [0.717, 1.165) is 29.2 Å². The van der Waals surface area contributed by atoms with Crippen molar-refractivity contribution in [3.8, 4) is 0 Å². The van der Waals surface area contributed by atoms with Crippen molar-refractivity contribution < 1.29 is 0 Å². The van der Waals surface area contributed by atoms with Gasteiger partial charge in [0.2, 0.25) is 0 Å². The standard InChI is InChI=1S/C12H13ClN2/c1-3-15-8(2)6-11(13)10-7-9(14)4-5-12(10)15/h4-7H,2-3,14H2,1H3. The molecule has 1 heterocycles. The number of nitrogen functional groups attached to an aromatic ring is 1. The van der Waals surface area contributed by atoms with Crippen LogP contribution in [0.4, 0.5) is 11.4 Å². The summed E-state index contributed by atoms with van der Waals surface area (Å²) in [5.41, 5.74) is 9.43. The molecule has 2 nitrogen and oxygen atoms in total. The highest BCUT2D eigenvalue weighted by Gasteiger charge is 2.19. The third kappa shape index (κ3) is 1.61. The first kappa shape index (κ1) is 10.1. The molecule has 0 atom stereocenters. The van der Waals surface area contributed by atoms with Gasteiger partial charge in [-0.3, -0.25) is 0 Å². The number of halogens is 1. The van der Waals surface area contributed by atoms with Crippen LogP contribution in [0.2, 0.25) is 0 Å². The summed E-state index contributed by atoms with van der Waals surface area (Å²) >= 11 is 6.15. The van der Waals surface area contributed by atoms with Crippen molar-refractivity contribution in [3.05, 3.63) is 42.1 Å². The summed E-state index contributed by atoms with van der Waals surface area (Å²) in [7, 11) is 0. The number of hydrogen-bond donors (Lipinski definition) is 1. The maximum atomic E-state index is 6.15. The van der Waals surface area contributed by atoms with Gasteiger partial charge in [0.15, 0.2) is 0 Å². The van der Waals surface area contributed by atoms with E-state index in [1.165, 1.54) is 0 Å². The number of likely N-dealkylation sites (N-methyl/N-ethyl adjacent to an activating group) is 1. The molecule has 0 amide bonds. The summed E-state index contributed by atoms with van der Waals surface area (Å²) in [4.78, 5) is 2.11. The molecule has 2 N–H and O–H groups in total. The minimum atomic E-state index is 0.701. The van der Waals surface area contributed by atoms with E-state index < -0.39 is 0 Å². The average Bonchev–Trinajstić information content (AvgIpc) is 2.19. The summed E-state index contributed by atoms with van der Waals surface area (Å²) in [6.07, 6.45) is 1.87. The van der Waals surface area contributed by atoms with Crippen molar-refractivity contribution in [1.82, 2.24) is 0 Å². The number of benzene rings is 1. The van der Waals surface area contributed by atoms with Crippen molar-refractivity contribution in [2.75, 3.05) is 17.2 Å². The summed E-state index contributed by atoms with van der Waals surface area (Å²) in [5, 5.41) is 0.701. The predicted molar refractivity (Wildman–Crippen MR) is 66.8 cm³/mol. The van der Waals surface area contributed by atoms with Crippen LogP contribution in [0.5, 0.6) is 0 Å². The van der Waals surface area contributed by atoms with E-state index in [9.17, 15) is 0 Å². The van der Waals surface area contributed by atoms with Gasteiger partial charge in [0, 0.05) is 23.5 Å². The number of nitrogens with two attached hydrogens (primary N) is 1. The maximum absolute atomic E-state index is 6.15. The molecule has 1 aliphatic heterocycles. The molecule has 0 aromatic heterocycles. The Morgan fingerprint density at radius 2 is 2.20 bits per heavy atom. The minimum Gasteiger partial charge on any atom is -0.399 e. The quantitative estimate of drug-likeness (QED) is 0.737. The minimum absolute atomic E-state index is 0.701. The zero-order valence-electron chi connectivity index (χ0n) is 8.63. The lowest BCUT2D eigenvalue weighted by molar-refractivity contribution is 0.975. The Morgan fingerprint density at radius 3 is 2.87 bits per heavy atom. The first-order valence-corrected chi connectivity index (χ1v) is 5.25. The zero-order valence-corrected chi connectivity index (χ0v) is 9.38. The van der Waals surface area contributed by atoms with Gasteiger partial charge in [-0.05, 0) is 31.2 Å². The molecule has 0 unspecified atom stereocenters. The van der Waals surface area contributed by atoms with Crippen LogP contribution < -0.4 is 10.6 Å². The van der Waals surface area contributed by atoms with Crippen LogP contribution in [-0.2, 0) is 0 Å². The zero-order chi connectivity index (χ0) is 11.0. The van der Waals surface area contributed by atoms with Crippen LogP contribution >= 0.6 is 11.6 Å². The molecule has 1 aliphatic rings. The van der Waals surface area contributed by atoms with Gasteiger partial charge in [-0.2, -0.15) is 0 Å². The molecule has 1 aromatic carbocycles. The second kappa shape index (κ2) is 3.63. The van der Waals surface area contributed by atoms with E-state index in [-0.39, 0.29) is 0 Å². The predicted octanol–water partition coefficient (Wildman–Crippen LogP) is 3.20. The third-order valence-corrected chi connectivity index (χ3v) is 2.84. The van der Waals surface area contributed by atoms with Crippen LogP contribution in [0.15, 0.2) is 36.6 Å². The lowest BCUT2D eigenvalue weighted by atomic mass is 10.1. The topological polar surface area (TPSA) is 29.3 Å². The Kier molecular flexibility index (Phi) is 2.45. The second-order valence-electron chi connectivity index (χ2n) is 3.50. The molecule has 0 bridgehead atoms. The van der Waals surface area contributed by atoms with Gasteiger partial charge in [-0.15, -0.1) is 0 Å². The number of hydrogen-bond acceptors (Lipinski definition) is 2. The molecular weight excluding hydrogens is 208 g/mol. The second-order valence-corrected chi connectivity index (χ2v) is 3.91. The largest absolute Gasteiger partial charge is 0.399 e. The highest BCUT2D eigenvalue weighted by molar-refractivity contribution is 6.50. The maximum Gasteiger partial charge on any atom is 0.0520 e. The fourth-order valence-electron chi connectivity index (χ4n) is 1.81. The molecule has 2 rings (SSSR count). The Hall–Kier alpha value is -1.41. The number of anilines is 2. The van der Waals surface area contributed by atoms with Crippen LogP contribution in [0, 0.1) is 0 Å². The molecule has 78 valence electrons. The Labute approximate surface area is 94.6 Å². The van der Waals surface area contributed by atoms with Crippen molar-refractivity contribution in [2.24, 2.45) is 0 Å². The smallest absolute Gasteiger partial charge is 0.0520 e. The number of allylic oxidation sites excluding steroid dienone is 1. The van der Waals surface area contributed by atoms with E-state index >= 15 is 0 Å². The van der Waals surface area contributed by atoms with Gasteiger partial charge in [0.1, 0.15) is 0 Å². The van der Waals surface area contributed by atoms with Crippen LogP contribution in [0.25, 0.3) is 5.03 Å². The van der Waals surface area contributed by atoms with E-state index in [1.54, 1.807) is 0 Å². The van der Waals surface area contributed by atoms with Gasteiger partial charge in [0.25, 0.3) is 0 Å². The molecule has 3 heteroatoms. The van der Waals surface area contributed by atoms with Crippen LogP contribution in [0.3, 0.4) is 0 Å². The van der Waals surface area contributed by atoms with E-state index in [0.29, 0.717) is 5.03 Å². The average molecular weight is 221 g/mol. The molecule has 0 saturated carbocycles. The number of fused-ring (bicyclic) bond motifs is 1. The summed E-state index contributed by atoms with van der Waals surface area (Å²) in [5.74, 6) is 0. The normalized spacial score (nSPS) is 14.9. The highest BCUT2D eigenvalue weighted by Crippen LogP contribution is 2.37. The fraction of sp³-hybridized carbons (Fsp3) is 0.167. The van der Waals surface area contributed by atoms with Gasteiger partial charge >= 0.3 is 0 Å². The molecule has 0 radical (unpaired) electrons. The molecule has 0 aliphatic carbocycles. The number of nitrogens with zero attached hydrogens (tertiary/aromatic N) is 1. The SMILES string of the molecule is C=C1C=C(Cl)c2cc(N)ccc2N1CC. The summed E-state index contributed by atoms with van der Waals surface area (Å²) in [6, 6.07) is 5.75. The first-order valence-electron chi connectivity index (χ1n) is 4.87. The Bertz CT molecular complexity index is 449. The van der Waals surface area contributed by atoms with Gasteiger partial charge in [-0.1, -0.05) is 18.2 Å². The highest BCUT2D eigenvalue weighted by atomic mass is 35.5. The molecule has 15 heavy (non-hydrogen) atoms. The van der Waals surface area contributed by atoms with E-state index in [1.807, 2.05) is 24.3 Å². The van der Waals surface area contributed by atoms with Crippen molar-refractivity contribution >= 4 is 28.0 Å². The monoisotopic (exact) mass is 220 g/mol. The first-order chi connectivity index (χ1) is 7.13. The molecule has 0 spiro atoms. The summed E-state index contributed by atoms with van der Waals surface area (Å²) in [6.45, 7) is 6.93. The Morgan fingerprint density at radius 1 is 1.47 bits per heavy atom. The third-order valence-electron chi connectivity index (χ3n) is 2.52. The molecular formula is C12H13ClN2. The van der Waals surface area contributed by atoms with Gasteiger partial charge < -0.3 is 10.6 Å².